The van der Waals surface area contributed by atoms with Crippen molar-refractivity contribution in [2.24, 2.45) is 5.92 Å². The zero-order valence-electron chi connectivity index (χ0n) is 6.58. The minimum atomic E-state index is -2.27. The summed E-state index contributed by atoms with van der Waals surface area (Å²) in [5, 5.41) is 7.88. The van der Waals surface area contributed by atoms with Crippen LogP contribution in [-0.2, 0) is 11.1 Å². The molecule has 0 fully saturated rings. The maximum atomic E-state index is 10.7. The van der Waals surface area contributed by atoms with E-state index in [-0.39, 0.29) is 5.92 Å². The standard InChI is InChI=1S/C6H9Br2NO2S/c1-4(2)5(12(10)11)6(7,8)3-9/h4-5H,1-2H3,(H,10,11)/p-1. The number of halogens is 2. The Morgan fingerprint density at radius 3 is 2.08 bits per heavy atom. The fraction of sp³-hybridized carbons (Fsp3) is 0.833. The molecule has 0 saturated carbocycles. The average molecular weight is 318 g/mol. The van der Waals surface area contributed by atoms with Gasteiger partial charge in [0.1, 0.15) is 0 Å². The van der Waals surface area contributed by atoms with Crippen LogP contribution in [0.4, 0.5) is 0 Å². The van der Waals surface area contributed by atoms with E-state index in [0.29, 0.717) is 0 Å². The predicted molar refractivity (Wildman–Crippen MR) is 53.7 cm³/mol. The van der Waals surface area contributed by atoms with Crippen LogP contribution >= 0.6 is 31.9 Å². The van der Waals surface area contributed by atoms with Crippen molar-refractivity contribution in [2.75, 3.05) is 0 Å². The molecule has 2 unspecified atom stereocenters. The third-order valence-electron chi connectivity index (χ3n) is 1.32. The van der Waals surface area contributed by atoms with Crippen LogP contribution in [0, 0.1) is 17.2 Å². The smallest absolute Gasteiger partial charge is 0.179 e. The summed E-state index contributed by atoms with van der Waals surface area (Å²) in [5.74, 6) is -0.123. The molecule has 0 saturated heterocycles. The molecule has 70 valence electrons. The predicted octanol–water partition coefficient (Wildman–Crippen LogP) is 1.90. The number of alkyl halides is 2. The van der Waals surface area contributed by atoms with Gasteiger partial charge < -0.3 is 4.55 Å². The minimum Gasteiger partial charge on any atom is -0.772 e. The summed E-state index contributed by atoms with van der Waals surface area (Å²) in [6.45, 7) is 3.49. The monoisotopic (exact) mass is 316 g/mol. The van der Waals surface area contributed by atoms with Gasteiger partial charge in [0.25, 0.3) is 0 Å². The summed E-state index contributed by atoms with van der Waals surface area (Å²) in [4.78, 5) is 0. The first-order chi connectivity index (χ1) is 5.33. The number of rotatable bonds is 3. The van der Waals surface area contributed by atoms with E-state index in [0.717, 1.165) is 0 Å². The number of nitrogens with zero attached hydrogens (tertiary/aromatic N) is 1. The minimum absolute atomic E-state index is 0.123. The summed E-state index contributed by atoms with van der Waals surface area (Å²) >= 11 is 3.75. The van der Waals surface area contributed by atoms with Crippen molar-refractivity contribution in [2.45, 2.75) is 22.3 Å². The van der Waals surface area contributed by atoms with E-state index in [4.69, 9.17) is 5.26 Å². The van der Waals surface area contributed by atoms with Crippen molar-refractivity contribution in [3.63, 3.8) is 0 Å². The molecule has 0 N–H and O–H groups in total. The van der Waals surface area contributed by atoms with Crippen molar-refractivity contribution in [1.82, 2.24) is 0 Å². The Balaban J connectivity index is 4.78. The van der Waals surface area contributed by atoms with Crippen LogP contribution in [0.25, 0.3) is 0 Å². The molecule has 0 aliphatic heterocycles. The second kappa shape index (κ2) is 4.70. The lowest BCUT2D eigenvalue weighted by atomic mass is 10.1. The van der Waals surface area contributed by atoms with Gasteiger partial charge in [0.2, 0.25) is 0 Å². The van der Waals surface area contributed by atoms with Crippen molar-refractivity contribution in [3.05, 3.63) is 0 Å². The Labute approximate surface area is 91.1 Å². The van der Waals surface area contributed by atoms with Gasteiger partial charge >= 0.3 is 0 Å². The highest BCUT2D eigenvalue weighted by atomic mass is 79.9. The third kappa shape index (κ3) is 3.13. The number of nitriles is 1. The van der Waals surface area contributed by atoms with Gasteiger partial charge in [0.15, 0.2) is 3.23 Å². The van der Waals surface area contributed by atoms with E-state index in [1.165, 1.54) is 0 Å². The van der Waals surface area contributed by atoms with Crippen LogP contribution in [-0.4, -0.2) is 17.2 Å². The summed E-state index contributed by atoms with van der Waals surface area (Å²) in [6.07, 6.45) is 0. The molecule has 0 aliphatic carbocycles. The van der Waals surface area contributed by atoms with E-state index in [1.54, 1.807) is 13.8 Å². The molecule has 0 aromatic rings. The molecule has 0 heterocycles. The van der Waals surface area contributed by atoms with Crippen LogP contribution in [0.15, 0.2) is 0 Å². The van der Waals surface area contributed by atoms with Crippen LogP contribution in [0.3, 0.4) is 0 Å². The molecular weight excluding hydrogens is 310 g/mol. The lowest BCUT2D eigenvalue weighted by molar-refractivity contribution is 0.490. The van der Waals surface area contributed by atoms with Gasteiger partial charge in [-0.1, -0.05) is 45.7 Å². The molecular formula is C6H8Br2NO2S-. The van der Waals surface area contributed by atoms with Gasteiger partial charge in [-0.2, -0.15) is 5.26 Å². The molecule has 12 heavy (non-hydrogen) atoms. The first-order valence-electron chi connectivity index (χ1n) is 3.20. The largest absolute Gasteiger partial charge is 0.772 e. The van der Waals surface area contributed by atoms with Gasteiger partial charge in [-0.3, -0.25) is 4.21 Å². The molecule has 0 aromatic heterocycles. The van der Waals surface area contributed by atoms with Crippen molar-refractivity contribution >= 4 is 42.9 Å². The van der Waals surface area contributed by atoms with E-state index < -0.39 is 19.6 Å². The van der Waals surface area contributed by atoms with Crippen molar-refractivity contribution in [1.29, 1.82) is 5.26 Å². The summed E-state index contributed by atoms with van der Waals surface area (Å²) < 4.78 is 20.3. The van der Waals surface area contributed by atoms with Gasteiger partial charge in [-0.05, 0) is 17.0 Å². The van der Waals surface area contributed by atoms with Crippen LogP contribution in [0.5, 0.6) is 0 Å². The molecule has 0 aliphatic rings. The van der Waals surface area contributed by atoms with Gasteiger partial charge in [0, 0.05) is 0 Å². The molecule has 2 atom stereocenters. The molecule has 0 spiro atoms. The number of hydrogen-bond acceptors (Lipinski definition) is 3. The molecule has 0 rings (SSSR count). The normalized spacial score (nSPS) is 17.1. The Hall–Kier alpha value is 0.560. The first-order valence-corrected chi connectivity index (χ1v) is 5.92. The Kier molecular flexibility index (Phi) is 4.92. The molecule has 0 radical (unpaired) electrons. The van der Waals surface area contributed by atoms with Crippen LogP contribution in [0.2, 0.25) is 0 Å². The van der Waals surface area contributed by atoms with E-state index in [9.17, 15) is 8.76 Å². The zero-order chi connectivity index (χ0) is 9.94. The summed E-state index contributed by atoms with van der Waals surface area (Å²) in [7, 11) is 0. The van der Waals surface area contributed by atoms with E-state index >= 15 is 0 Å². The maximum Gasteiger partial charge on any atom is 0.179 e. The zero-order valence-corrected chi connectivity index (χ0v) is 10.6. The SMILES string of the molecule is CC(C)C(S(=O)[O-])C(Br)(Br)C#N. The fourth-order valence-corrected chi connectivity index (χ4v) is 3.54. The highest BCUT2D eigenvalue weighted by Crippen LogP contribution is 2.35. The second-order valence-electron chi connectivity index (χ2n) is 2.66. The average Bonchev–Trinajstić information content (AvgIpc) is 1.84. The molecule has 0 bridgehead atoms. The summed E-state index contributed by atoms with van der Waals surface area (Å²) in [5.41, 5.74) is 0. The Bertz CT molecular complexity index is 224. The molecule has 0 amide bonds. The van der Waals surface area contributed by atoms with Crippen molar-refractivity contribution < 1.29 is 8.76 Å². The van der Waals surface area contributed by atoms with Gasteiger partial charge in [-0.25, -0.2) is 0 Å². The second-order valence-corrected chi connectivity index (χ2v) is 7.25. The first kappa shape index (κ1) is 12.6. The highest BCUT2D eigenvalue weighted by Gasteiger charge is 2.36. The maximum absolute atomic E-state index is 10.7. The molecule has 6 heteroatoms. The van der Waals surface area contributed by atoms with Gasteiger partial charge in [-0.15, -0.1) is 0 Å². The Morgan fingerprint density at radius 1 is 1.58 bits per heavy atom. The Morgan fingerprint density at radius 2 is 2.00 bits per heavy atom. The van der Waals surface area contributed by atoms with Crippen LogP contribution in [0.1, 0.15) is 13.8 Å². The third-order valence-corrected chi connectivity index (χ3v) is 4.58. The molecule has 3 nitrogen and oxygen atoms in total. The van der Waals surface area contributed by atoms with E-state index in [2.05, 4.69) is 31.9 Å². The lowest BCUT2D eigenvalue weighted by Gasteiger charge is -2.29. The number of hydrogen-bond donors (Lipinski definition) is 0. The topological polar surface area (TPSA) is 63.9 Å². The van der Waals surface area contributed by atoms with Crippen molar-refractivity contribution in [3.8, 4) is 6.07 Å². The molecule has 0 aromatic carbocycles. The fourth-order valence-electron chi connectivity index (χ4n) is 0.825. The van der Waals surface area contributed by atoms with E-state index in [1.807, 2.05) is 6.07 Å². The van der Waals surface area contributed by atoms with Crippen LogP contribution < -0.4 is 0 Å². The highest BCUT2D eigenvalue weighted by molar-refractivity contribution is 9.25. The quantitative estimate of drug-likeness (QED) is 0.590. The summed E-state index contributed by atoms with van der Waals surface area (Å²) in [6, 6.07) is 1.84. The lowest BCUT2D eigenvalue weighted by Crippen LogP contribution is -2.37. The van der Waals surface area contributed by atoms with Gasteiger partial charge in [0.05, 0.1) is 11.3 Å².